The van der Waals surface area contributed by atoms with E-state index in [4.69, 9.17) is 0 Å². The van der Waals surface area contributed by atoms with Crippen molar-refractivity contribution in [3.05, 3.63) is 35.1 Å². The molecule has 0 aromatic heterocycles. The highest BCUT2D eigenvalue weighted by molar-refractivity contribution is 5.27. The van der Waals surface area contributed by atoms with Crippen LogP contribution in [0.4, 0.5) is 4.39 Å². The number of nitrogens with one attached hydrogen (secondary N) is 1. The lowest BCUT2D eigenvalue weighted by molar-refractivity contribution is 0.390. The van der Waals surface area contributed by atoms with Crippen LogP contribution < -0.4 is 5.32 Å². The van der Waals surface area contributed by atoms with Crippen LogP contribution in [0.1, 0.15) is 42.9 Å². The van der Waals surface area contributed by atoms with Gasteiger partial charge in [0.05, 0.1) is 0 Å². The molecule has 1 N–H and O–H groups in total. The van der Waals surface area contributed by atoms with Gasteiger partial charge in [0, 0.05) is 6.04 Å². The average Bonchev–Trinajstić information content (AvgIpc) is 2.78. The fraction of sp³-hybridized carbons (Fsp3) is 0.571. The zero-order valence-corrected chi connectivity index (χ0v) is 10.1. The molecule has 0 saturated heterocycles. The topological polar surface area (TPSA) is 12.0 Å². The number of benzene rings is 1. The molecule has 0 amide bonds. The molecule has 88 valence electrons. The van der Waals surface area contributed by atoms with Crippen molar-refractivity contribution < 1.29 is 4.39 Å². The first-order chi connectivity index (χ1) is 7.72. The molecule has 0 aliphatic heterocycles. The Bertz CT molecular complexity index is 356. The summed E-state index contributed by atoms with van der Waals surface area (Å²) >= 11 is 0. The molecular formula is C14H20FN. The second-order valence-electron chi connectivity index (χ2n) is 4.82. The minimum absolute atomic E-state index is 0.106. The Hall–Kier alpha value is -0.890. The van der Waals surface area contributed by atoms with Crippen molar-refractivity contribution in [2.75, 3.05) is 7.05 Å². The number of halogens is 1. The number of hydrogen-bond acceptors (Lipinski definition) is 1. The number of aryl methyl sites for hydroxylation is 1. The molecule has 1 aromatic rings. The van der Waals surface area contributed by atoms with E-state index < -0.39 is 0 Å². The molecule has 16 heavy (non-hydrogen) atoms. The molecule has 1 unspecified atom stereocenters. The first kappa shape index (κ1) is 11.6. The predicted molar refractivity (Wildman–Crippen MR) is 64.9 cm³/mol. The SMILES string of the molecule is CNC(c1ccc(F)c(C)c1)C1CCCC1. The molecule has 2 rings (SSSR count). The minimum atomic E-state index is -0.106. The summed E-state index contributed by atoms with van der Waals surface area (Å²) in [5.41, 5.74) is 1.98. The van der Waals surface area contributed by atoms with E-state index in [1.807, 2.05) is 26.1 Å². The monoisotopic (exact) mass is 221 g/mol. The van der Waals surface area contributed by atoms with Gasteiger partial charge in [0.15, 0.2) is 0 Å². The molecule has 0 radical (unpaired) electrons. The highest BCUT2D eigenvalue weighted by Gasteiger charge is 2.25. The first-order valence-corrected chi connectivity index (χ1v) is 6.15. The molecule has 0 spiro atoms. The second kappa shape index (κ2) is 4.96. The summed E-state index contributed by atoms with van der Waals surface area (Å²) in [6.07, 6.45) is 5.26. The quantitative estimate of drug-likeness (QED) is 0.822. The third kappa shape index (κ3) is 2.27. The Balaban J connectivity index is 2.22. The van der Waals surface area contributed by atoms with Crippen LogP contribution in [0.2, 0.25) is 0 Å². The highest BCUT2D eigenvalue weighted by atomic mass is 19.1. The van der Waals surface area contributed by atoms with Gasteiger partial charge >= 0.3 is 0 Å². The Morgan fingerprint density at radius 2 is 2.00 bits per heavy atom. The molecule has 1 atom stereocenters. The Morgan fingerprint density at radius 1 is 1.31 bits per heavy atom. The Kier molecular flexibility index (Phi) is 3.59. The molecule has 1 aliphatic rings. The highest BCUT2D eigenvalue weighted by Crippen LogP contribution is 2.35. The standard InChI is InChI=1S/C14H20FN/c1-10-9-12(7-8-13(10)15)14(16-2)11-5-3-4-6-11/h7-9,11,14,16H,3-6H2,1-2H3. The van der Waals surface area contributed by atoms with E-state index in [1.54, 1.807) is 6.07 Å². The molecule has 1 aromatic carbocycles. The zero-order chi connectivity index (χ0) is 11.5. The van der Waals surface area contributed by atoms with Crippen LogP contribution in [0, 0.1) is 18.7 Å². The van der Waals surface area contributed by atoms with Gasteiger partial charge in [-0.2, -0.15) is 0 Å². The lowest BCUT2D eigenvalue weighted by atomic mass is 9.91. The first-order valence-electron chi connectivity index (χ1n) is 6.15. The molecule has 1 saturated carbocycles. The van der Waals surface area contributed by atoms with E-state index in [1.165, 1.54) is 31.2 Å². The van der Waals surface area contributed by atoms with Crippen molar-refractivity contribution in [1.82, 2.24) is 5.32 Å². The summed E-state index contributed by atoms with van der Waals surface area (Å²) in [5, 5.41) is 3.38. The maximum atomic E-state index is 13.2. The van der Waals surface area contributed by atoms with E-state index in [0.717, 1.165) is 11.5 Å². The summed E-state index contributed by atoms with van der Waals surface area (Å²) in [6.45, 7) is 1.83. The number of hydrogen-bond donors (Lipinski definition) is 1. The maximum Gasteiger partial charge on any atom is 0.126 e. The largest absolute Gasteiger partial charge is 0.313 e. The van der Waals surface area contributed by atoms with Crippen molar-refractivity contribution in [2.24, 2.45) is 5.92 Å². The lowest BCUT2D eigenvalue weighted by Crippen LogP contribution is -2.23. The molecule has 1 aliphatic carbocycles. The van der Waals surface area contributed by atoms with E-state index in [-0.39, 0.29) is 5.82 Å². The summed E-state index contributed by atoms with van der Waals surface area (Å²) < 4.78 is 13.2. The van der Waals surface area contributed by atoms with Crippen LogP contribution in [0.25, 0.3) is 0 Å². The van der Waals surface area contributed by atoms with Crippen molar-refractivity contribution in [3.63, 3.8) is 0 Å². The van der Waals surface area contributed by atoms with Gasteiger partial charge in [-0.1, -0.05) is 25.0 Å². The van der Waals surface area contributed by atoms with E-state index in [0.29, 0.717) is 6.04 Å². The second-order valence-corrected chi connectivity index (χ2v) is 4.82. The van der Waals surface area contributed by atoms with Crippen LogP contribution in [0.3, 0.4) is 0 Å². The third-order valence-corrected chi connectivity index (χ3v) is 3.72. The van der Waals surface area contributed by atoms with Crippen LogP contribution >= 0.6 is 0 Å². The summed E-state index contributed by atoms with van der Waals surface area (Å²) in [5.74, 6) is 0.611. The van der Waals surface area contributed by atoms with Crippen molar-refractivity contribution in [1.29, 1.82) is 0 Å². The van der Waals surface area contributed by atoms with Crippen molar-refractivity contribution in [2.45, 2.75) is 38.6 Å². The van der Waals surface area contributed by atoms with Gasteiger partial charge in [0.2, 0.25) is 0 Å². The fourth-order valence-electron chi connectivity index (χ4n) is 2.83. The Morgan fingerprint density at radius 3 is 2.56 bits per heavy atom. The predicted octanol–water partition coefficient (Wildman–Crippen LogP) is 3.58. The van der Waals surface area contributed by atoms with Gasteiger partial charge in [-0.25, -0.2) is 4.39 Å². The van der Waals surface area contributed by atoms with Gasteiger partial charge in [-0.05, 0) is 49.9 Å². The van der Waals surface area contributed by atoms with Gasteiger partial charge in [-0.3, -0.25) is 0 Å². The van der Waals surface area contributed by atoms with Gasteiger partial charge < -0.3 is 5.32 Å². The molecular weight excluding hydrogens is 201 g/mol. The molecule has 2 heteroatoms. The van der Waals surface area contributed by atoms with Crippen molar-refractivity contribution >= 4 is 0 Å². The molecule has 0 heterocycles. The molecule has 1 fully saturated rings. The smallest absolute Gasteiger partial charge is 0.126 e. The lowest BCUT2D eigenvalue weighted by Gasteiger charge is -2.23. The van der Waals surface area contributed by atoms with Crippen LogP contribution in [0.15, 0.2) is 18.2 Å². The normalized spacial score (nSPS) is 18.9. The minimum Gasteiger partial charge on any atom is -0.313 e. The Labute approximate surface area is 97.1 Å². The fourth-order valence-corrected chi connectivity index (χ4v) is 2.83. The number of rotatable bonds is 3. The zero-order valence-electron chi connectivity index (χ0n) is 10.1. The van der Waals surface area contributed by atoms with Crippen LogP contribution in [-0.2, 0) is 0 Å². The summed E-state index contributed by atoms with van der Waals surface area (Å²) in [6, 6.07) is 5.88. The van der Waals surface area contributed by atoms with Crippen molar-refractivity contribution in [3.8, 4) is 0 Å². The summed E-state index contributed by atoms with van der Waals surface area (Å²) in [7, 11) is 2.00. The van der Waals surface area contributed by atoms with Gasteiger partial charge in [0.1, 0.15) is 5.82 Å². The van der Waals surface area contributed by atoms with Gasteiger partial charge in [0.25, 0.3) is 0 Å². The summed E-state index contributed by atoms with van der Waals surface area (Å²) in [4.78, 5) is 0. The van der Waals surface area contributed by atoms with E-state index in [9.17, 15) is 4.39 Å². The maximum absolute atomic E-state index is 13.2. The molecule has 1 nitrogen and oxygen atoms in total. The average molecular weight is 221 g/mol. The van der Waals surface area contributed by atoms with E-state index in [2.05, 4.69) is 5.32 Å². The third-order valence-electron chi connectivity index (χ3n) is 3.72. The van der Waals surface area contributed by atoms with E-state index >= 15 is 0 Å². The molecule has 0 bridgehead atoms. The van der Waals surface area contributed by atoms with Crippen LogP contribution in [-0.4, -0.2) is 7.05 Å². The van der Waals surface area contributed by atoms with Crippen LogP contribution in [0.5, 0.6) is 0 Å². The van der Waals surface area contributed by atoms with Gasteiger partial charge in [-0.15, -0.1) is 0 Å².